The number of nitrogen functional groups attached to an aromatic ring is 1. The zero-order valence-corrected chi connectivity index (χ0v) is 16.1. The van der Waals surface area contributed by atoms with Gasteiger partial charge in [-0.3, -0.25) is 9.59 Å². The van der Waals surface area contributed by atoms with Crippen LogP contribution in [-0.4, -0.2) is 33.2 Å². The predicted octanol–water partition coefficient (Wildman–Crippen LogP) is 2.94. The average Bonchev–Trinajstić information content (AvgIpc) is 3.23. The van der Waals surface area contributed by atoms with Gasteiger partial charge in [0.1, 0.15) is 5.82 Å². The lowest BCUT2D eigenvalue weighted by Gasteiger charge is -2.26. The fourth-order valence-electron chi connectivity index (χ4n) is 3.78. The molecule has 152 valence electrons. The van der Waals surface area contributed by atoms with Gasteiger partial charge in [0, 0.05) is 29.4 Å². The Morgan fingerprint density at radius 2 is 1.87 bits per heavy atom. The molecule has 0 spiro atoms. The van der Waals surface area contributed by atoms with Crippen LogP contribution in [0.1, 0.15) is 45.3 Å². The second-order valence-electron chi connectivity index (χ2n) is 7.14. The third-order valence-corrected chi connectivity index (χ3v) is 5.22. The third-order valence-electron chi connectivity index (χ3n) is 5.22. The quantitative estimate of drug-likeness (QED) is 0.692. The lowest BCUT2D eigenvalue weighted by atomic mass is 9.98. The standard InChI is InChI=1S/C22H20FN5O2/c23-16-8-6-13(7-9-16)21(30)28-10-2-5-18(28)19-17(12-26-22(25)27-19)14-3-1-4-15(11-14)20(24)29/h1,3-4,6-9,11-12,18H,2,5,10H2,(H2,24,29)(H2,25,26,27). The summed E-state index contributed by atoms with van der Waals surface area (Å²) < 4.78 is 13.3. The maximum Gasteiger partial charge on any atom is 0.254 e. The van der Waals surface area contributed by atoms with E-state index in [1.807, 2.05) is 6.07 Å². The predicted molar refractivity (Wildman–Crippen MR) is 110 cm³/mol. The molecular formula is C22H20FN5O2. The summed E-state index contributed by atoms with van der Waals surface area (Å²) in [4.78, 5) is 34.9. The second-order valence-corrected chi connectivity index (χ2v) is 7.14. The molecule has 2 heterocycles. The highest BCUT2D eigenvalue weighted by Gasteiger charge is 2.33. The van der Waals surface area contributed by atoms with Crippen LogP contribution in [0.4, 0.5) is 10.3 Å². The molecule has 1 aliphatic heterocycles. The van der Waals surface area contributed by atoms with E-state index in [9.17, 15) is 14.0 Å². The van der Waals surface area contributed by atoms with Crippen molar-refractivity contribution < 1.29 is 14.0 Å². The van der Waals surface area contributed by atoms with Crippen LogP contribution in [-0.2, 0) is 0 Å². The van der Waals surface area contributed by atoms with E-state index in [4.69, 9.17) is 11.5 Å². The molecule has 1 saturated heterocycles. The average molecular weight is 405 g/mol. The molecule has 3 aromatic rings. The van der Waals surface area contributed by atoms with Crippen LogP contribution < -0.4 is 11.5 Å². The van der Waals surface area contributed by atoms with E-state index >= 15 is 0 Å². The normalized spacial score (nSPS) is 15.9. The van der Waals surface area contributed by atoms with Crippen molar-refractivity contribution >= 4 is 17.8 Å². The van der Waals surface area contributed by atoms with Crippen molar-refractivity contribution in [3.05, 3.63) is 77.4 Å². The molecule has 0 aliphatic carbocycles. The monoisotopic (exact) mass is 405 g/mol. The van der Waals surface area contributed by atoms with E-state index in [-0.39, 0.29) is 17.9 Å². The van der Waals surface area contributed by atoms with Gasteiger partial charge in [-0.25, -0.2) is 14.4 Å². The van der Waals surface area contributed by atoms with Crippen LogP contribution >= 0.6 is 0 Å². The number of rotatable bonds is 4. The van der Waals surface area contributed by atoms with Crippen molar-refractivity contribution in [1.29, 1.82) is 0 Å². The highest BCUT2D eigenvalue weighted by atomic mass is 19.1. The first-order chi connectivity index (χ1) is 14.4. The fraction of sp³-hybridized carbons (Fsp3) is 0.182. The molecule has 1 unspecified atom stereocenters. The molecule has 0 bridgehead atoms. The summed E-state index contributed by atoms with van der Waals surface area (Å²) in [6.07, 6.45) is 3.09. The molecule has 4 rings (SSSR count). The van der Waals surface area contributed by atoms with Crippen LogP contribution in [0.3, 0.4) is 0 Å². The number of primary amides is 1. The molecule has 4 N–H and O–H groups in total. The smallest absolute Gasteiger partial charge is 0.254 e. The zero-order valence-electron chi connectivity index (χ0n) is 16.1. The third kappa shape index (κ3) is 3.71. The number of anilines is 1. The Balaban J connectivity index is 1.75. The van der Waals surface area contributed by atoms with E-state index in [1.54, 1.807) is 29.3 Å². The molecule has 30 heavy (non-hydrogen) atoms. The molecule has 2 aromatic carbocycles. The summed E-state index contributed by atoms with van der Waals surface area (Å²) in [6.45, 7) is 0.547. The van der Waals surface area contributed by atoms with Gasteiger partial charge in [0.05, 0.1) is 11.7 Å². The lowest BCUT2D eigenvalue weighted by molar-refractivity contribution is 0.0733. The summed E-state index contributed by atoms with van der Waals surface area (Å²) in [5, 5.41) is 0. The minimum absolute atomic E-state index is 0.0980. The number of nitrogens with zero attached hydrogens (tertiary/aromatic N) is 3. The number of nitrogens with two attached hydrogens (primary N) is 2. The number of aromatic nitrogens is 2. The molecule has 1 atom stereocenters. The number of likely N-dealkylation sites (tertiary alicyclic amines) is 1. The Hall–Kier alpha value is -3.81. The van der Waals surface area contributed by atoms with Crippen molar-refractivity contribution in [2.24, 2.45) is 5.73 Å². The number of carbonyl (C=O) groups is 2. The molecule has 1 fully saturated rings. The maximum atomic E-state index is 13.3. The van der Waals surface area contributed by atoms with E-state index in [0.29, 0.717) is 40.9 Å². The van der Waals surface area contributed by atoms with Crippen LogP contribution in [0.2, 0.25) is 0 Å². The summed E-state index contributed by atoms with van der Waals surface area (Å²) in [5.74, 6) is -1.04. The molecule has 1 aromatic heterocycles. The minimum Gasteiger partial charge on any atom is -0.368 e. The van der Waals surface area contributed by atoms with Crippen LogP contribution in [0, 0.1) is 5.82 Å². The first-order valence-corrected chi connectivity index (χ1v) is 9.53. The maximum absolute atomic E-state index is 13.3. The molecule has 0 saturated carbocycles. The number of amides is 2. The molecule has 1 aliphatic rings. The Labute approximate surface area is 172 Å². The van der Waals surface area contributed by atoms with E-state index in [1.165, 1.54) is 24.3 Å². The number of halogens is 1. The van der Waals surface area contributed by atoms with E-state index in [2.05, 4.69) is 9.97 Å². The fourth-order valence-corrected chi connectivity index (χ4v) is 3.78. The van der Waals surface area contributed by atoms with Gasteiger partial charge in [-0.1, -0.05) is 12.1 Å². The summed E-state index contributed by atoms with van der Waals surface area (Å²) in [6, 6.07) is 12.0. The summed E-state index contributed by atoms with van der Waals surface area (Å²) >= 11 is 0. The van der Waals surface area contributed by atoms with Gasteiger partial charge >= 0.3 is 0 Å². The first-order valence-electron chi connectivity index (χ1n) is 9.53. The van der Waals surface area contributed by atoms with Crippen LogP contribution in [0.15, 0.2) is 54.7 Å². The zero-order chi connectivity index (χ0) is 21.3. The Morgan fingerprint density at radius 3 is 2.60 bits per heavy atom. The summed E-state index contributed by atoms with van der Waals surface area (Å²) in [7, 11) is 0. The van der Waals surface area contributed by atoms with Gasteiger partial charge in [-0.15, -0.1) is 0 Å². The SMILES string of the molecule is NC(=O)c1cccc(-c2cnc(N)nc2C2CCCN2C(=O)c2ccc(F)cc2)c1. The number of carbonyl (C=O) groups excluding carboxylic acids is 2. The van der Waals surface area contributed by atoms with Crippen LogP contribution in [0.5, 0.6) is 0 Å². The van der Waals surface area contributed by atoms with Gasteiger partial charge in [0.15, 0.2) is 0 Å². The first kappa shape index (κ1) is 19.5. The van der Waals surface area contributed by atoms with E-state index in [0.717, 1.165) is 6.42 Å². The van der Waals surface area contributed by atoms with E-state index < -0.39 is 11.7 Å². The van der Waals surface area contributed by atoms with Gasteiger partial charge in [0.2, 0.25) is 11.9 Å². The van der Waals surface area contributed by atoms with Gasteiger partial charge in [0.25, 0.3) is 5.91 Å². The van der Waals surface area contributed by atoms with Crippen molar-refractivity contribution in [1.82, 2.24) is 14.9 Å². The Bertz CT molecular complexity index is 1120. The van der Waals surface area contributed by atoms with Crippen LogP contribution in [0.25, 0.3) is 11.1 Å². The van der Waals surface area contributed by atoms with Gasteiger partial charge < -0.3 is 16.4 Å². The number of hydrogen-bond acceptors (Lipinski definition) is 5. The largest absolute Gasteiger partial charge is 0.368 e. The second kappa shape index (κ2) is 7.90. The summed E-state index contributed by atoms with van der Waals surface area (Å²) in [5.41, 5.74) is 14.0. The van der Waals surface area contributed by atoms with Crippen molar-refractivity contribution in [3.8, 4) is 11.1 Å². The van der Waals surface area contributed by atoms with Crippen molar-refractivity contribution in [3.63, 3.8) is 0 Å². The molecular weight excluding hydrogens is 385 g/mol. The van der Waals surface area contributed by atoms with Gasteiger partial charge in [-0.05, 0) is 54.8 Å². The minimum atomic E-state index is -0.538. The number of hydrogen-bond donors (Lipinski definition) is 2. The Morgan fingerprint density at radius 1 is 1.10 bits per heavy atom. The molecule has 0 radical (unpaired) electrons. The van der Waals surface area contributed by atoms with Crippen molar-refractivity contribution in [2.45, 2.75) is 18.9 Å². The Kier molecular flexibility index (Phi) is 5.14. The lowest BCUT2D eigenvalue weighted by Crippen LogP contribution is -2.31. The topological polar surface area (TPSA) is 115 Å². The highest BCUT2D eigenvalue weighted by molar-refractivity contribution is 5.95. The number of benzene rings is 2. The highest BCUT2D eigenvalue weighted by Crippen LogP contribution is 2.37. The molecule has 2 amide bonds. The van der Waals surface area contributed by atoms with Gasteiger partial charge in [-0.2, -0.15) is 0 Å². The molecule has 8 heteroatoms. The molecule has 7 nitrogen and oxygen atoms in total. The van der Waals surface area contributed by atoms with Crippen molar-refractivity contribution in [2.75, 3.05) is 12.3 Å².